The van der Waals surface area contributed by atoms with Crippen molar-refractivity contribution in [3.05, 3.63) is 34.9 Å². The van der Waals surface area contributed by atoms with Gasteiger partial charge in [0.2, 0.25) is 0 Å². The second kappa shape index (κ2) is 7.17. The van der Waals surface area contributed by atoms with Gasteiger partial charge in [0.05, 0.1) is 0 Å². The third-order valence-electron chi connectivity index (χ3n) is 3.33. The van der Waals surface area contributed by atoms with Crippen molar-refractivity contribution in [3.63, 3.8) is 0 Å². The number of carbonyl (C=O) groups is 1. The molecule has 5 heteroatoms. The summed E-state index contributed by atoms with van der Waals surface area (Å²) in [6.07, 6.45) is 0.959. The van der Waals surface area contributed by atoms with E-state index in [1.165, 1.54) is 5.56 Å². The number of carboxylic acid groups (broad SMARTS) is 1. The molecule has 0 aliphatic carbocycles. The van der Waals surface area contributed by atoms with E-state index in [0.29, 0.717) is 12.5 Å². The molecule has 1 aromatic carbocycles. The molecule has 0 bridgehead atoms. The van der Waals surface area contributed by atoms with Gasteiger partial charge < -0.3 is 5.11 Å². The van der Waals surface area contributed by atoms with Crippen molar-refractivity contribution in [2.24, 2.45) is 0 Å². The topological polar surface area (TPSA) is 40.5 Å². The van der Waals surface area contributed by atoms with Gasteiger partial charge in [-0.1, -0.05) is 23.7 Å². The molecule has 0 spiro atoms. The summed E-state index contributed by atoms with van der Waals surface area (Å²) < 4.78 is 0. The standard InChI is InChI=1S/C14H18ClNO2S/c15-12-5-3-11(4-6-12)13-10-19-9-8-16(13)7-1-2-14(17)18/h3-6,13H,1-2,7-10H2,(H,17,18)/t13-/m0/s1. The van der Waals surface area contributed by atoms with E-state index in [0.717, 1.165) is 29.6 Å². The van der Waals surface area contributed by atoms with Crippen molar-refractivity contribution in [2.75, 3.05) is 24.6 Å². The summed E-state index contributed by atoms with van der Waals surface area (Å²) in [4.78, 5) is 13.0. The third kappa shape index (κ3) is 4.41. The molecule has 1 aromatic rings. The molecule has 0 radical (unpaired) electrons. The van der Waals surface area contributed by atoms with Crippen LogP contribution in [-0.2, 0) is 4.79 Å². The molecule has 1 fully saturated rings. The van der Waals surface area contributed by atoms with Crippen LogP contribution in [0.25, 0.3) is 0 Å². The van der Waals surface area contributed by atoms with E-state index in [2.05, 4.69) is 17.0 Å². The lowest BCUT2D eigenvalue weighted by Gasteiger charge is -2.35. The van der Waals surface area contributed by atoms with Crippen molar-refractivity contribution in [1.82, 2.24) is 4.90 Å². The van der Waals surface area contributed by atoms with E-state index in [1.807, 2.05) is 23.9 Å². The smallest absolute Gasteiger partial charge is 0.303 e. The maximum atomic E-state index is 10.6. The highest BCUT2D eigenvalue weighted by Gasteiger charge is 2.23. The molecule has 19 heavy (non-hydrogen) atoms. The predicted octanol–water partition coefficient (Wildman–Crippen LogP) is 3.29. The normalized spacial score (nSPS) is 20.4. The Morgan fingerprint density at radius 2 is 2.16 bits per heavy atom. The number of benzene rings is 1. The third-order valence-corrected chi connectivity index (χ3v) is 4.60. The SMILES string of the molecule is O=C(O)CCCN1CCSC[C@H]1c1ccc(Cl)cc1. The minimum Gasteiger partial charge on any atom is -0.481 e. The maximum Gasteiger partial charge on any atom is 0.303 e. The van der Waals surface area contributed by atoms with Crippen LogP contribution in [0.15, 0.2) is 24.3 Å². The number of thioether (sulfide) groups is 1. The highest BCUT2D eigenvalue weighted by molar-refractivity contribution is 7.99. The highest BCUT2D eigenvalue weighted by atomic mass is 35.5. The van der Waals surface area contributed by atoms with Gasteiger partial charge in [-0.25, -0.2) is 0 Å². The van der Waals surface area contributed by atoms with E-state index in [-0.39, 0.29) is 6.42 Å². The lowest BCUT2D eigenvalue weighted by molar-refractivity contribution is -0.137. The van der Waals surface area contributed by atoms with Crippen molar-refractivity contribution < 1.29 is 9.90 Å². The minimum atomic E-state index is -0.713. The average Bonchev–Trinajstić information content (AvgIpc) is 2.40. The van der Waals surface area contributed by atoms with Gasteiger partial charge in [-0.05, 0) is 30.7 Å². The number of rotatable bonds is 5. The van der Waals surface area contributed by atoms with Crippen molar-refractivity contribution >= 4 is 29.3 Å². The summed E-state index contributed by atoms with van der Waals surface area (Å²) in [5.74, 6) is 1.47. The van der Waals surface area contributed by atoms with Gasteiger partial charge in [-0.3, -0.25) is 9.69 Å². The molecule has 3 nitrogen and oxygen atoms in total. The Morgan fingerprint density at radius 3 is 2.84 bits per heavy atom. The van der Waals surface area contributed by atoms with Crippen LogP contribution in [0.2, 0.25) is 5.02 Å². The quantitative estimate of drug-likeness (QED) is 0.906. The maximum absolute atomic E-state index is 10.6. The van der Waals surface area contributed by atoms with Crippen LogP contribution in [0.5, 0.6) is 0 Å². The highest BCUT2D eigenvalue weighted by Crippen LogP contribution is 2.30. The van der Waals surface area contributed by atoms with Gasteiger partial charge >= 0.3 is 5.97 Å². The van der Waals surface area contributed by atoms with E-state index in [1.54, 1.807) is 0 Å². The second-order valence-corrected chi connectivity index (χ2v) is 6.26. The predicted molar refractivity (Wildman–Crippen MR) is 80.0 cm³/mol. The first-order valence-electron chi connectivity index (χ1n) is 6.46. The second-order valence-electron chi connectivity index (χ2n) is 4.68. The fourth-order valence-electron chi connectivity index (χ4n) is 2.33. The van der Waals surface area contributed by atoms with E-state index in [9.17, 15) is 4.79 Å². The molecular weight excluding hydrogens is 282 g/mol. The zero-order valence-electron chi connectivity index (χ0n) is 10.7. The van der Waals surface area contributed by atoms with Gasteiger partial charge in [0.25, 0.3) is 0 Å². The summed E-state index contributed by atoms with van der Waals surface area (Å²) in [6, 6.07) is 8.37. The summed E-state index contributed by atoms with van der Waals surface area (Å²) in [5, 5.41) is 9.47. The van der Waals surface area contributed by atoms with Gasteiger partial charge in [-0.2, -0.15) is 11.8 Å². The Labute approximate surface area is 122 Å². The van der Waals surface area contributed by atoms with E-state index < -0.39 is 5.97 Å². The molecule has 1 atom stereocenters. The van der Waals surface area contributed by atoms with Crippen LogP contribution in [0.4, 0.5) is 0 Å². The summed E-state index contributed by atoms with van der Waals surface area (Å²) in [5.41, 5.74) is 1.27. The summed E-state index contributed by atoms with van der Waals surface area (Å²) >= 11 is 7.88. The molecule has 0 amide bonds. The van der Waals surface area contributed by atoms with Gasteiger partial charge in [0.15, 0.2) is 0 Å². The number of nitrogens with zero attached hydrogens (tertiary/aromatic N) is 1. The molecule has 1 saturated heterocycles. The van der Waals surface area contributed by atoms with Crippen molar-refractivity contribution in [3.8, 4) is 0 Å². The Hall–Kier alpha value is -0.710. The fraction of sp³-hybridized carbons (Fsp3) is 0.500. The van der Waals surface area contributed by atoms with Gasteiger partial charge in [0, 0.05) is 35.5 Å². The number of hydrogen-bond donors (Lipinski definition) is 1. The number of carboxylic acids is 1. The number of aliphatic carboxylic acids is 1. The van der Waals surface area contributed by atoms with Gasteiger partial charge in [-0.15, -0.1) is 0 Å². The molecule has 104 valence electrons. The number of hydrogen-bond acceptors (Lipinski definition) is 3. The number of halogens is 1. The summed E-state index contributed by atoms with van der Waals surface area (Å²) in [7, 11) is 0. The van der Waals surface area contributed by atoms with Gasteiger partial charge in [0.1, 0.15) is 0 Å². The van der Waals surface area contributed by atoms with Crippen LogP contribution in [0.3, 0.4) is 0 Å². The van der Waals surface area contributed by atoms with E-state index in [4.69, 9.17) is 16.7 Å². The first-order valence-corrected chi connectivity index (χ1v) is 7.99. The Kier molecular flexibility index (Phi) is 5.55. The average molecular weight is 300 g/mol. The molecule has 1 N–H and O–H groups in total. The van der Waals surface area contributed by atoms with Crippen LogP contribution >= 0.6 is 23.4 Å². The molecule has 1 aliphatic heterocycles. The Balaban J connectivity index is 1.99. The Bertz CT molecular complexity index is 424. The largest absolute Gasteiger partial charge is 0.481 e. The van der Waals surface area contributed by atoms with Crippen molar-refractivity contribution in [1.29, 1.82) is 0 Å². The summed E-state index contributed by atoms with van der Waals surface area (Å²) in [6.45, 7) is 1.87. The van der Waals surface area contributed by atoms with Crippen LogP contribution in [0.1, 0.15) is 24.4 Å². The molecule has 2 rings (SSSR count). The minimum absolute atomic E-state index is 0.247. The van der Waals surface area contributed by atoms with E-state index >= 15 is 0 Å². The lowest BCUT2D eigenvalue weighted by atomic mass is 10.1. The lowest BCUT2D eigenvalue weighted by Crippen LogP contribution is -2.37. The first-order chi connectivity index (χ1) is 9.16. The molecule has 0 unspecified atom stereocenters. The molecule has 0 saturated carbocycles. The first kappa shape index (κ1) is 14.7. The zero-order chi connectivity index (χ0) is 13.7. The van der Waals surface area contributed by atoms with Crippen LogP contribution in [0, 0.1) is 0 Å². The molecular formula is C14H18ClNO2S. The van der Waals surface area contributed by atoms with Crippen LogP contribution < -0.4 is 0 Å². The molecule has 1 aliphatic rings. The fourth-order valence-corrected chi connectivity index (χ4v) is 3.61. The molecule has 0 aromatic heterocycles. The van der Waals surface area contributed by atoms with Crippen LogP contribution in [-0.4, -0.2) is 40.6 Å². The zero-order valence-corrected chi connectivity index (χ0v) is 12.3. The Morgan fingerprint density at radius 1 is 1.42 bits per heavy atom. The van der Waals surface area contributed by atoms with Crippen molar-refractivity contribution in [2.45, 2.75) is 18.9 Å². The monoisotopic (exact) mass is 299 g/mol. The molecule has 1 heterocycles.